The van der Waals surface area contributed by atoms with E-state index < -0.39 is 11.9 Å². The third-order valence-electron chi connectivity index (χ3n) is 3.35. The summed E-state index contributed by atoms with van der Waals surface area (Å²) in [4.78, 5) is 5.65. The lowest BCUT2D eigenvalue weighted by Gasteiger charge is -2.36. The van der Waals surface area contributed by atoms with Crippen LogP contribution in [0.25, 0.3) is 0 Å². The minimum Gasteiger partial charge on any atom is -0.377 e. The molecule has 1 unspecified atom stereocenters. The molecule has 0 radical (unpaired) electrons. The molecule has 1 fully saturated rings. The first-order chi connectivity index (χ1) is 10.0. The van der Waals surface area contributed by atoms with Crippen LogP contribution < -0.4 is 10.2 Å². The van der Waals surface area contributed by atoms with Gasteiger partial charge in [0.2, 0.25) is 0 Å². The number of alkyl halides is 3. The Morgan fingerprint density at radius 2 is 2.24 bits per heavy atom. The Morgan fingerprint density at radius 1 is 1.43 bits per heavy atom. The normalized spacial score (nSPS) is 19.8. The molecule has 0 saturated carbocycles. The molecule has 2 rings (SSSR count). The second-order valence-electron chi connectivity index (χ2n) is 5.01. The zero-order chi connectivity index (χ0) is 15.3. The Morgan fingerprint density at radius 3 is 2.95 bits per heavy atom. The van der Waals surface area contributed by atoms with Gasteiger partial charge in [-0.1, -0.05) is 13.0 Å². The van der Waals surface area contributed by atoms with Crippen LogP contribution >= 0.6 is 0 Å². The molecule has 0 amide bonds. The number of morpholine rings is 1. The maximum Gasteiger partial charge on any atom is 0.433 e. The van der Waals surface area contributed by atoms with Crippen LogP contribution in [-0.2, 0) is 10.9 Å². The van der Waals surface area contributed by atoms with Crippen molar-refractivity contribution in [1.29, 1.82) is 0 Å². The highest BCUT2D eigenvalue weighted by Gasteiger charge is 2.33. The van der Waals surface area contributed by atoms with E-state index in [1.807, 2.05) is 4.90 Å². The van der Waals surface area contributed by atoms with Gasteiger partial charge >= 0.3 is 6.18 Å². The molecular formula is C14H20F3N3O. The van der Waals surface area contributed by atoms with Crippen molar-refractivity contribution in [2.75, 3.05) is 37.7 Å². The Hall–Kier alpha value is -1.34. The van der Waals surface area contributed by atoms with E-state index in [1.165, 1.54) is 6.07 Å². The molecule has 21 heavy (non-hydrogen) atoms. The van der Waals surface area contributed by atoms with Crippen molar-refractivity contribution in [3.05, 3.63) is 23.9 Å². The number of hydrogen-bond donors (Lipinski definition) is 1. The van der Waals surface area contributed by atoms with Gasteiger partial charge in [0.05, 0.1) is 19.3 Å². The van der Waals surface area contributed by atoms with E-state index in [4.69, 9.17) is 4.74 Å². The van der Waals surface area contributed by atoms with Gasteiger partial charge in [0, 0.05) is 13.1 Å². The highest BCUT2D eigenvalue weighted by molar-refractivity contribution is 5.41. The van der Waals surface area contributed by atoms with Crippen molar-refractivity contribution in [3.8, 4) is 0 Å². The van der Waals surface area contributed by atoms with Crippen LogP contribution in [-0.4, -0.2) is 43.9 Å². The van der Waals surface area contributed by atoms with E-state index >= 15 is 0 Å². The Labute approximate surface area is 122 Å². The van der Waals surface area contributed by atoms with Gasteiger partial charge in [-0.3, -0.25) is 0 Å². The van der Waals surface area contributed by atoms with Crippen LogP contribution in [0.15, 0.2) is 18.2 Å². The minimum absolute atomic E-state index is 0.00119. The fraction of sp³-hybridized carbons (Fsp3) is 0.643. The molecule has 2 heterocycles. The molecule has 7 heteroatoms. The van der Waals surface area contributed by atoms with Crippen molar-refractivity contribution in [2.24, 2.45) is 0 Å². The summed E-state index contributed by atoms with van der Waals surface area (Å²) in [5.74, 6) is 0.358. The molecule has 1 saturated heterocycles. The van der Waals surface area contributed by atoms with Gasteiger partial charge in [-0.25, -0.2) is 4.98 Å². The summed E-state index contributed by atoms with van der Waals surface area (Å²) in [6, 6.07) is 4.01. The molecule has 1 N–H and O–H groups in total. The number of ether oxygens (including phenoxy) is 1. The molecule has 1 aromatic rings. The monoisotopic (exact) mass is 303 g/mol. The largest absolute Gasteiger partial charge is 0.433 e. The zero-order valence-electron chi connectivity index (χ0n) is 12.0. The lowest BCUT2D eigenvalue weighted by atomic mass is 10.2. The number of anilines is 1. The molecule has 0 aromatic carbocycles. The summed E-state index contributed by atoms with van der Waals surface area (Å²) in [5, 5.41) is 3.28. The van der Waals surface area contributed by atoms with Crippen molar-refractivity contribution in [3.63, 3.8) is 0 Å². The fourth-order valence-electron chi connectivity index (χ4n) is 2.31. The minimum atomic E-state index is -4.42. The number of halogens is 3. The van der Waals surface area contributed by atoms with Gasteiger partial charge in [-0.05, 0) is 25.1 Å². The summed E-state index contributed by atoms with van der Waals surface area (Å²) in [6.45, 7) is 5.16. The maximum absolute atomic E-state index is 12.8. The predicted molar refractivity (Wildman–Crippen MR) is 74.4 cm³/mol. The van der Waals surface area contributed by atoms with E-state index in [-0.39, 0.29) is 6.04 Å². The summed E-state index contributed by atoms with van der Waals surface area (Å²) in [6.07, 6.45) is -3.41. The number of aromatic nitrogens is 1. The lowest BCUT2D eigenvalue weighted by molar-refractivity contribution is -0.141. The van der Waals surface area contributed by atoms with E-state index in [9.17, 15) is 13.2 Å². The molecular weight excluding hydrogens is 283 g/mol. The SMILES string of the molecule is CCCNCC1COCCN1c1cccc(C(F)(F)F)n1. The van der Waals surface area contributed by atoms with Gasteiger partial charge in [0.25, 0.3) is 0 Å². The molecule has 1 aliphatic rings. The van der Waals surface area contributed by atoms with E-state index in [0.717, 1.165) is 19.0 Å². The third-order valence-corrected chi connectivity index (χ3v) is 3.35. The van der Waals surface area contributed by atoms with Gasteiger partial charge in [-0.15, -0.1) is 0 Å². The molecule has 4 nitrogen and oxygen atoms in total. The molecule has 1 aliphatic heterocycles. The smallest absolute Gasteiger partial charge is 0.377 e. The summed E-state index contributed by atoms with van der Waals surface area (Å²) >= 11 is 0. The third kappa shape index (κ3) is 4.31. The number of pyridine rings is 1. The molecule has 1 aromatic heterocycles. The van der Waals surface area contributed by atoms with E-state index in [0.29, 0.717) is 32.1 Å². The number of nitrogens with one attached hydrogen (secondary N) is 1. The second kappa shape index (κ2) is 7.09. The van der Waals surface area contributed by atoms with Gasteiger partial charge < -0.3 is 15.0 Å². The van der Waals surface area contributed by atoms with Gasteiger partial charge in [0.15, 0.2) is 0 Å². The first-order valence-corrected chi connectivity index (χ1v) is 7.11. The van der Waals surface area contributed by atoms with Crippen molar-refractivity contribution >= 4 is 5.82 Å². The molecule has 118 valence electrons. The van der Waals surface area contributed by atoms with Crippen molar-refractivity contribution in [2.45, 2.75) is 25.6 Å². The summed E-state index contributed by atoms with van der Waals surface area (Å²) in [7, 11) is 0. The molecule has 0 bridgehead atoms. The molecule has 0 spiro atoms. The topological polar surface area (TPSA) is 37.4 Å². The van der Waals surface area contributed by atoms with Crippen LogP contribution in [0.2, 0.25) is 0 Å². The Bertz CT molecular complexity index is 453. The van der Waals surface area contributed by atoms with Crippen molar-refractivity contribution in [1.82, 2.24) is 10.3 Å². The van der Waals surface area contributed by atoms with Crippen LogP contribution in [0.3, 0.4) is 0 Å². The maximum atomic E-state index is 12.8. The van der Waals surface area contributed by atoms with Crippen LogP contribution in [0.5, 0.6) is 0 Å². The Balaban J connectivity index is 2.13. The van der Waals surface area contributed by atoms with Crippen LogP contribution in [0.1, 0.15) is 19.0 Å². The highest BCUT2D eigenvalue weighted by atomic mass is 19.4. The molecule has 1 atom stereocenters. The van der Waals surface area contributed by atoms with Crippen molar-refractivity contribution < 1.29 is 17.9 Å². The lowest BCUT2D eigenvalue weighted by Crippen LogP contribution is -2.51. The van der Waals surface area contributed by atoms with Gasteiger partial charge in [-0.2, -0.15) is 13.2 Å². The van der Waals surface area contributed by atoms with Gasteiger partial charge in [0.1, 0.15) is 11.5 Å². The first-order valence-electron chi connectivity index (χ1n) is 7.11. The first kappa shape index (κ1) is 16.0. The molecule has 0 aliphatic carbocycles. The van der Waals surface area contributed by atoms with E-state index in [1.54, 1.807) is 6.07 Å². The summed E-state index contributed by atoms with van der Waals surface area (Å²) in [5.41, 5.74) is -0.855. The van der Waals surface area contributed by atoms with E-state index in [2.05, 4.69) is 17.2 Å². The highest BCUT2D eigenvalue weighted by Crippen LogP contribution is 2.29. The average Bonchev–Trinajstić information content (AvgIpc) is 2.47. The standard InChI is InChI=1S/C14H20F3N3O/c1-2-6-18-9-11-10-21-8-7-20(11)13-5-3-4-12(19-13)14(15,16)17/h3-5,11,18H,2,6-10H2,1H3. The summed E-state index contributed by atoms with van der Waals surface area (Å²) < 4.78 is 43.7. The number of hydrogen-bond acceptors (Lipinski definition) is 4. The quantitative estimate of drug-likeness (QED) is 0.847. The second-order valence-corrected chi connectivity index (χ2v) is 5.01. The number of nitrogens with zero attached hydrogens (tertiary/aromatic N) is 2. The predicted octanol–water partition coefficient (Wildman–Crippen LogP) is 2.31. The van der Waals surface area contributed by atoms with Crippen LogP contribution in [0.4, 0.5) is 19.0 Å². The fourth-order valence-corrected chi connectivity index (χ4v) is 2.31. The van der Waals surface area contributed by atoms with Crippen LogP contribution in [0, 0.1) is 0 Å². The number of rotatable bonds is 5. The zero-order valence-corrected chi connectivity index (χ0v) is 12.0. The average molecular weight is 303 g/mol. The Kier molecular flexibility index (Phi) is 5.41.